The van der Waals surface area contributed by atoms with Crippen LogP contribution in [0.4, 0.5) is 0 Å². The molecule has 1 aromatic carbocycles. The lowest BCUT2D eigenvalue weighted by atomic mass is 10.2. The van der Waals surface area contributed by atoms with Crippen LogP contribution in [0, 0.1) is 0 Å². The molecule has 0 saturated carbocycles. The molecule has 0 fully saturated rings. The van der Waals surface area contributed by atoms with Crippen LogP contribution in [0.2, 0.25) is 0 Å². The number of fused-ring (bicyclic) bond motifs is 1. The van der Waals surface area contributed by atoms with Gasteiger partial charge in [0.25, 0.3) is 5.56 Å². The topological polar surface area (TPSA) is 106 Å². The molecule has 9 nitrogen and oxygen atoms in total. The lowest BCUT2D eigenvalue weighted by molar-refractivity contribution is 0.262. The molecule has 0 aliphatic rings. The minimum absolute atomic E-state index is 0.214. The number of ether oxygens (including phenoxy) is 2. The van der Waals surface area contributed by atoms with Crippen LogP contribution in [0.15, 0.2) is 40.8 Å². The first kappa shape index (κ1) is 20.9. The van der Waals surface area contributed by atoms with Crippen molar-refractivity contribution in [2.75, 3.05) is 20.8 Å². The minimum atomic E-state index is -0.214. The average Bonchev–Trinajstić information content (AvgIpc) is 3.27. The molecule has 4 aromatic rings. The maximum absolute atomic E-state index is 12.6. The Morgan fingerprint density at radius 1 is 1.06 bits per heavy atom. The van der Waals surface area contributed by atoms with Gasteiger partial charge in [-0.2, -0.15) is 0 Å². The largest absolute Gasteiger partial charge is 0.493 e. The predicted octanol–water partition coefficient (Wildman–Crippen LogP) is 2.88. The number of hydrogen-bond donors (Lipinski definition) is 1. The van der Waals surface area contributed by atoms with E-state index < -0.39 is 0 Å². The first-order valence-corrected chi connectivity index (χ1v) is 10.6. The molecule has 3 aromatic heterocycles. The van der Waals surface area contributed by atoms with Gasteiger partial charge in [0.1, 0.15) is 5.82 Å². The number of benzene rings is 1. The summed E-state index contributed by atoms with van der Waals surface area (Å²) in [4.78, 5) is 35.4. The highest BCUT2D eigenvalue weighted by atomic mass is 32.1. The molecule has 1 N–H and O–H groups in total. The molecule has 3 heterocycles. The van der Waals surface area contributed by atoms with Crippen molar-refractivity contribution in [2.45, 2.75) is 20.0 Å². The van der Waals surface area contributed by atoms with E-state index in [0.717, 1.165) is 17.2 Å². The van der Waals surface area contributed by atoms with Crippen molar-refractivity contribution in [1.29, 1.82) is 0 Å². The third kappa shape index (κ3) is 4.54. The molecule has 0 spiro atoms. The van der Waals surface area contributed by atoms with Crippen molar-refractivity contribution in [3.8, 4) is 22.3 Å². The molecular formula is C21H22N6O3S. The van der Waals surface area contributed by atoms with Crippen LogP contribution >= 0.6 is 11.3 Å². The van der Waals surface area contributed by atoms with Gasteiger partial charge in [-0.3, -0.25) is 9.69 Å². The lowest BCUT2D eigenvalue weighted by Gasteiger charge is -2.18. The van der Waals surface area contributed by atoms with E-state index in [0.29, 0.717) is 47.1 Å². The van der Waals surface area contributed by atoms with E-state index in [-0.39, 0.29) is 5.56 Å². The molecule has 0 radical (unpaired) electrons. The summed E-state index contributed by atoms with van der Waals surface area (Å²) in [7, 11) is 3.09. The number of aromatic nitrogens is 5. The summed E-state index contributed by atoms with van der Waals surface area (Å²) >= 11 is 1.51. The zero-order chi connectivity index (χ0) is 21.8. The fourth-order valence-electron chi connectivity index (χ4n) is 3.20. The maximum Gasteiger partial charge on any atom is 0.258 e. The second-order valence-electron chi connectivity index (χ2n) is 6.76. The van der Waals surface area contributed by atoms with Crippen molar-refractivity contribution < 1.29 is 9.47 Å². The van der Waals surface area contributed by atoms with Gasteiger partial charge in [0.2, 0.25) is 0 Å². The molecule has 0 bridgehead atoms. The third-order valence-corrected chi connectivity index (χ3v) is 5.66. The monoisotopic (exact) mass is 438 g/mol. The quantitative estimate of drug-likeness (QED) is 0.448. The van der Waals surface area contributed by atoms with Crippen LogP contribution < -0.4 is 15.0 Å². The molecule has 0 amide bonds. The number of methoxy groups -OCH3 is 2. The highest BCUT2D eigenvalue weighted by molar-refractivity contribution is 7.13. The van der Waals surface area contributed by atoms with Crippen molar-refractivity contribution in [1.82, 2.24) is 29.8 Å². The molecule has 0 atom stereocenters. The molecule has 160 valence electrons. The Labute approximate surface area is 182 Å². The normalized spacial score (nSPS) is 11.2. The molecular weight excluding hydrogens is 416 g/mol. The zero-order valence-corrected chi connectivity index (χ0v) is 18.3. The molecule has 4 rings (SSSR count). The van der Waals surface area contributed by atoms with Crippen LogP contribution in [-0.2, 0) is 13.1 Å². The summed E-state index contributed by atoms with van der Waals surface area (Å²) in [5.41, 5.74) is 1.27. The first-order valence-electron chi connectivity index (χ1n) is 9.70. The van der Waals surface area contributed by atoms with Gasteiger partial charge in [0, 0.05) is 30.4 Å². The van der Waals surface area contributed by atoms with Gasteiger partial charge in [0.05, 0.1) is 37.4 Å². The molecule has 10 heteroatoms. The van der Waals surface area contributed by atoms with Gasteiger partial charge < -0.3 is 14.5 Å². The van der Waals surface area contributed by atoms with E-state index in [4.69, 9.17) is 9.47 Å². The van der Waals surface area contributed by atoms with E-state index >= 15 is 0 Å². The molecule has 0 saturated heterocycles. The number of hydrogen-bond acceptors (Lipinski definition) is 9. The predicted molar refractivity (Wildman–Crippen MR) is 118 cm³/mol. The average molecular weight is 439 g/mol. The van der Waals surface area contributed by atoms with Gasteiger partial charge in [-0.05, 0) is 18.7 Å². The molecule has 0 unspecified atom stereocenters. The fourth-order valence-corrected chi connectivity index (χ4v) is 3.96. The van der Waals surface area contributed by atoms with Crippen molar-refractivity contribution in [3.05, 3.63) is 57.8 Å². The number of nitrogens with one attached hydrogen (secondary N) is 1. The Morgan fingerprint density at radius 3 is 2.52 bits per heavy atom. The first-order chi connectivity index (χ1) is 15.1. The summed E-state index contributed by atoms with van der Waals surface area (Å²) in [6.45, 7) is 3.92. The number of H-pyrrole nitrogens is 1. The SMILES string of the molecule is CCN(Cc1csc(-c2ncccn2)n1)Cc1nc2cc(OC)c(OC)cc2c(=O)[nH]1. The Hall–Kier alpha value is -3.37. The summed E-state index contributed by atoms with van der Waals surface area (Å²) in [5.74, 6) is 2.22. The van der Waals surface area contributed by atoms with Crippen molar-refractivity contribution >= 4 is 22.2 Å². The van der Waals surface area contributed by atoms with Gasteiger partial charge in [-0.1, -0.05) is 6.92 Å². The van der Waals surface area contributed by atoms with Gasteiger partial charge in [0.15, 0.2) is 22.3 Å². The Bertz CT molecular complexity index is 1240. The van der Waals surface area contributed by atoms with Crippen molar-refractivity contribution in [3.63, 3.8) is 0 Å². The van der Waals surface area contributed by atoms with E-state index in [1.807, 2.05) is 5.38 Å². The van der Waals surface area contributed by atoms with Crippen molar-refractivity contribution in [2.24, 2.45) is 0 Å². The molecule has 0 aliphatic heterocycles. The Morgan fingerprint density at radius 2 is 1.81 bits per heavy atom. The summed E-state index contributed by atoms with van der Waals surface area (Å²) in [6, 6.07) is 5.14. The summed E-state index contributed by atoms with van der Waals surface area (Å²) in [6.07, 6.45) is 3.40. The Kier molecular flexibility index (Phi) is 6.19. The van der Waals surface area contributed by atoms with E-state index in [2.05, 4.69) is 36.7 Å². The third-order valence-electron chi connectivity index (χ3n) is 4.77. The second-order valence-corrected chi connectivity index (χ2v) is 7.61. The Balaban J connectivity index is 1.56. The molecule has 31 heavy (non-hydrogen) atoms. The van der Waals surface area contributed by atoms with Gasteiger partial charge in [-0.25, -0.2) is 19.9 Å². The van der Waals surface area contributed by atoms with E-state index in [9.17, 15) is 4.79 Å². The highest BCUT2D eigenvalue weighted by Crippen LogP contribution is 2.30. The summed E-state index contributed by atoms with van der Waals surface area (Å²) < 4.78 is 10.6. The number of rotatable bonds is 8. The smallest absolute Gasteiger partial charge is 0.258 e. The zero-order valence-electron chi connectivity index (χ0n) is 17.5. The van der Waals surface area contributed by atoms with Crippen LogP contribution in [-0.4, -0.2) is 50.6 Å². The standard InChI is InChI=1S/C21H22N6O3S/c1-4-27(10-13-12-31-21(24-13)19-22-6-5-7-23-19)11-18-25-15-9-17(30-3)16(29-2)8-14(15)20(28)26-18/h5-9,12H,4,10-11H2,1-3H3,(H,25,26,28). The number of aromatic amines is 1. The summed E-state index contributed by atoms with van der Waals surface area (Å²) in [5, 5.41) is 3.24. The maximum atomic E-state index is 12.6. The van der Waals surface area contributed by atoms with Gasteiger partial charge in [-0.15, -0.1) is 11.3 Å². The van der Waals surface area contributed by atoms with Gasteiger partial charge >= 0.3 is 0 Å². The highest BCUT2D eigenvalue weighted by Gasteiger charge is 2.14. The van der Waals surface area contributed by atoms with Crippen LogP contribution in [0.5, 0.6) is 11.5 Å². The van der Waals surface area contributed by atoms with Crippen LogP contribution in [0.3, 0.4) is 0 Å². The molecule has 0 aliphatic carbocycles. The second kappa shape index (κ2) is 9.19. The van der Waals surface area contributed by atoms with E-state index in [1.165, 1.54) is 18.4 Å². The van der Waals surface area contributed by atoms with E-state index in [1.54, 1.807) is 37.7 Å². The number of nitrogens with zero attached hydrogens (tertiary/aromatic N) is 5. The lowest BCUT2D eigenvalue weighted by Crippen LogP contribution is -2.25. The van der Waals surface area contributed by atoms with Crippen LogP contribution in [0.25, 0.3) is 21.7 Å². The fraction of sp³-hybridized carbons (Fsp3) is 0.286. The minimum Gasteiger partial charge on any atom is -0.493 e. The van der Waals surface area contributed by atoms with Crippen LogP contribution in [0.1, 0.15) is 18.4 Å². The number of thiazole rings is 1.